The zero-order valence-corrected chi connectivity index (χ0v) is 17.2. The summed E-state index contributed by atoms with van der Waals surface area (Å²) in [6.45, 7) is 1.83. The lowest BCUT2D eigenvalue weighted by Crippen LogP contribution is -2.29. The van der Waals surface area contributed by atoms with Crippen LogP contribution >= 0.6 is 0 Å². The summed E-state index contributed by atoms with van der Waals surface area (Å²) in [6.07, 6.45) is 4.20. The number of nitrogens with zero attached hydrogens (tertiary/aromatic N) is 3. The number of pyridine rings is 1. The van der Waals surface area contributed by atoms with Crippen LogP contribution in [0, 0.1) is 6.92 Å². The molecule has 2 atom stereocenters. The van der Waals surface area contributed by atoms with Crippen molar-refractivity contribution in [3.63, 3.8) is 0 Å². The van der Waals surface area contributed by atoms with Gasteiger partial charge in [0.05, 0.1) is 24.7 Å². The van der Waals surface area contributed by atoms with Crippen molar-refractivity contribution in [2.24, 2.45) is 0 Å². The highest BCUT2D eigenvalue weighted by Gasteiger charge is 2.18. The van der Waals surface area contributed by atoms with E-state index in [1.54, 1.807) is 18.7 Å². The van der Waals surface area contributed by atoms with E-state index in [-0.39, 0.29) is 6.61 Å². The number of aliphatic hydroxyl groups is 2. The van der Waals surface area contributed by atoms with Gasteiger partial charge in [0.2, 0.25) is 0 Å². The van der Waals surface area contributed by atoms with Gasteiger partial charge in [-0.25, -0.2) is 9.97 Å². The van der Waals surface area contributed by atoms with Crippen LogP contribution in [-0.4, -0.2) is 31.4 Å². The van der Waals surface area contributed by atoms with Gasteiger partial charge >= 0.3 is 0 Å². The van der Waals surface area contributed by atoms with Crippen LogP contribution in [0.4, 0.5) is 11.5 Å². The minimum Gasteiger partial charge on any atom is -0.394 e. The van der Waals surface area contributed by atoms with E-state index in [0.29, 0.717) is 11.5 Å². The predicted octanol–water partition coefficient (Wildman–Crippen LogP) is 3.63. The van der Waals surface area contributed by atoms with Gasteiger partial charge in [-0.2, -0.15) is 0 Å². The topological polar surface area (TPSA) is 95.2 Å². The normalized spacial score (nSPS) is 13.0. The average Bonchev–Trinajstić information content (AvgIpc) is 3.30. The standard InChI is InChI=1S/C24H25N5O2/c1-17-13-25-23(27-19-10-6-3-7-11-19)12-22(17)29-14-20(26-16-29)24(31)28-21(15-30)18-8-4-2-5-9-18/h2-14,16,21,24,28,30-31H,15H2,1H3,(H,25,27). The summed E-state index contributed by atoms with van der Waals surface area (Å²) in [7, 11) is 0. The van der Waals surface area contributed by atoms with Crippen LogP contribution in [0.1, 0.15) is 29.1 Å². The molecule has 4 N–H and O–H groups in total. The number of aliphatic hydroxyl groups excluding tert-OH is 2. The van der Waals surface area contributed by atoms with Gasteiger partial charge in [0.15, 0.2) is 0 Å². The molecule has 0 amide bonds. The highest BCUT2D eigenvalue weighted by Crippen LogP contribution is 2.22. The molecule has 0 bridgehead atoms. The van der Waals surface area contributed by atoms with E-state index in [0.717, 1.165) is 22.5 Å². The molecule has 2 aromatic carbocycles. The molecule has 0 saturated carbocycles. The monoisotopic (exact) mass is 415 g/mol. The van der Waals surface area contributed by atoms with Crippen LogP contribution in [0.15, 0.2) is 85.5 Å². The molecular formula is C24H25N5O2. The van der Waals surface area contributed by atoms with E-state index in [9.17, 15) is 10.2 Å². The first kappa shape index (κ1) is 20.7. The molecule has 4 aromatic rings. The summed E-state index contributed by atoms with van der Waals surface area (Å²) in [5.74, 6) is 0.713. The summed E-state index contributed by atoms with van der Waals surface area (Å²) in [6, 6.07) is 20.9. The molecule has 7 nitrogen and oxygen atoms in total. The Morgan fingerprint density at radius 2 is 1.71 bits per heavy atom. The van der Waals surface area contributed by atoms with Crippen molar-refractivity contribution in [1.29, 1.82) is 0 Å². The van der Waals surface area contributed by atoms with Crippen molar-refractivity contribution < 1.29 is 10.2 Å². The van der Waals surface area contributed by atoms with Gasteiger partial charge in [0, 0.05) is 24.1 Å². The molecule has 7 heteroatoms. The van der Waals surface area contributed by atoms with Crippen LogP contribution in [-0.2, 0) is 0 Å². The van der Waals surface area contributed by atoms with Crippen molar-refractivity contribution in [2.75, 3.05) is 11.9 Å². The maximum Gasteiger partial charge on any atom is 0.150 e. The number of anilines is 2. The second-order valence-electron chi connectivity index (χ2n) is 7.27. The third-order valence-corrected chi connectivity index (χ3v) is 5.03. The number of hydrogen-bond acceptors (Lipinski definition) is 6. The number of nitrogens with one attached hydrogen (secondary N) is 2. The molecule has 31 heavy (non-hydrogen) atoms. The largest absolute Gasteiger partial charge is 0.394 e. The number of rotatable bonds is 8. The molecule has 0 aliphatic rings. The van der Waals surface area contributed by atoms with E-state index >= 15 is 0 Å². The lowest BCUT2D eigenvalue weighted by molar-refractivity contribution is 0.101. The molecule has 0 spiro atoms. The number of para-hydroxylation sites is 1. The zero-order valence-electron chi connectivity index (χ0n) is 17.2. The van der Waals surface area contributed by atoms with Crippen LogP contribution in [0.5, 0.6) is 0 Å². The first-order valence-electron chi connectivity index (χ1n) is 10.1. The number of benzene rings is 2. The van der Waals surface area contributed by atoms with E-state index in [4.69, 9.17) is 0 Å². The fourth-order valence-corrected chi connectivity index (χ4v) is 3.36. The Kier molecular flexibility index (Phi) is 6.37. The lowest BCUT2D eigenvalue weighted by Gasteiger charge is -2.20. The van der Waals surface area contributed by atoms with Crippen molar-refractivity contribution in [3.05, 3.63) is 102 Å². The molecule has 2 unspecified atom stereocenters. The number of imidazole rings is 1. The van der Waals surface area contributed by atoms with Gasteiger partial charge in [-0.3, -0.25) is 5.32 Å². The van der Waals surface area contributed by atoms with Gasteiger partial charge in [0.1, 0.15) is 17.7 Å². The predicted molar refractivity (Wildman–Crippen MR) is 120 cm³/mol. The SMILES string of the molecule is Cc1cnc(Nc2ccccc2)cc1-n1cnc(C(O)NC(CO)c2ccccc2)c1. The molecule has 0 aliphatic heterocycles. The number of aryl methyl sites for hydroxylation is 1. The maximum absolute atomic E-state index is 10.6. The quantitative estimate of drug-likeness (QED) is 0.328. The van der Waals surface area contributed by atoms with Gasteiger partial charge in [0.25, 0.3) is 0 Å². The third kappa shape index (κ3) is 4.97. The molecular weight excluding hydrogens is 390 g/mol. The first-order valence-corrected chi connectivity index (χ1v) is 10.1. The highest BCUT2D eigenvalue weighted by molar-refractivity contribution is 5.59. The second kappa shape index (κ2) is 9.53. The number of aromatic nitrogens is 3. The maximum atomic E-state index is 10.6. The summed E-state index contributed by atoms with van der Waals surface area (Å²) in [4.78, 5) is 8.81. The van der Waals surface area contributed by atoms with Gasteiger partial charge < -0.3 is 20.1 Å². The summed E-state index contributed by atoms with van der Waals surface area (Å²) in [5, 5.41) is 26.7. The second-order valence-corrected chi connectivity index (χ2v) is 7.27. The van der Waals surface area contributed by atoms with E-state index in [2.05, 4.69) is 20.6 Å². The Hall–Kier alpha value is -3.52. The van der Waals surface area contributed by atoms with Crippen molar-refractivity contribution in [1.82, 2.24) is 19.9 Å². The van der Waals surface area contributed by atoms with Crippen LogP contribution in [0.3, 0.4) is 0 Å². The van der Waals surface area contributed by atoms with E-state index < -0.39 is 12.3 Å². The molecule has 0 aliphatic carbocycles. The van der Waals surface area contributed by atoms with Gasteiger partial charge in [-0.1, -0.05) is 48.5 Å². The first-order chi connectivity index (χ1) is 15.1. The fourth-order valence-electron chi connectivity index (χ4n) is 3.36. The van der Waals surface area contributed by atoms with Crippen LogP contribution in [0.25, 0.3) is 5.69 Å². The lowest BCUT2D eigenvalue weighted by atomic mass is 10.1. The minimum atomic E-state index is -1.03. The average molecular weight is 415 g/mol. The molecule has 0 saturated heterocycles. The fraction of sp³-hybridized carbons (Fsp3) is 0.167. The molecule has 158 valence electrons. The van der Waals surface area contributed by atoms with E-state index in [1.165, 1.54) is 0 Å². The molecule has 0 fully saturated rings. The summed E-state index contributed by atoms with van der Waals surface area (Å²) >= 11 is 0. The Balaban J connectivity index is 1.52. The van der Waals surface area contributed by atoms with Crippen molar-refractivity contribution in [3.8, 4) is 5.69 Å². The number of hydrogen-bond donors (Lipinski definition) is 4. The highest BCUT2D eigenvalue weighted by atomic mass is 16.3. The summed E-state index contributed by atoms with van der Waals surface area (Å²) in [5.41, 5.74) is 4.18. The van der Waals surface area contributed by atoms with Gasteiger partial charge in [-0.05, 0) is 30.2 Å². The minimum absolute atomic E-state index is 0.139. The molecule has 4 rings (SSSR count). The Morgan fingerprint density at radius 3 is 2.42 bits per heavy atom. The summed E-state index contributed by atoms with van der Waals surface area (Å²) < 4.78 is 1.85. The van der Waals surface area contributed by atoms with Crippen molar-refractivity contribution in [2.45, 2.75) is 19.2 Å². The van der Waals surface area contributed by atoms with E-state index in [1.807, 2.05) is 78.2 Å². The Labute approximate surface area is 181 Å². The van der Waals surface area contributed by atoms with Crippen LogP contribution < -0.4 is 10.6 Å². The zero-order chi connectivity index (χ0) is 21.6. The Morgan fingerprint density at radius 1 is 1.00 bits per heavy atom. The molecule has 0 radical (unpaired) electrons. The van der Waals surface area contributed by atoms with Crippen LogP contribution in [0.2, 0.25) is 0 Å². The van der Waals surface area contributed by atoms with Crippen molar-refractivity contribution >= 4 is 11.5 Å². The smallest absolute Gasteiger partial charge is 0.150 e. The third-order valence-electron chi connectivity index (χ3n) is 5.03. The molecule has 2 heterocycles. The van der Waals surface area contributed by atoms with Gasteiger partial charge in [-0.15, -0.1) is 0 Å². The molecule has 2 aromatic heterocycles. The Bertz CT molecular complexity index is 1120.